The van der Waals surface area contributed by atoms with Crippen LogP contribution in [-0.2, 0) is 25.9 Å². The number of benzene rings is 2. The number of carboxylic acids is 1. The van der Waals surface area contributed by atoms with E-state index in [9.17, 15) is 13.2 Å². The summed E-state index contributed by atoms with van der Waals surface area (Å²) < 4.78 is 33.3. The van der Waals surface area contributed by atoms with Gasteiger partial charge < -0.3 is 20.9 Å². The van der Waals surface area contributed by atoms with Crippen molar-refractivity contribution >= 4 is 33.0 Å². The number of aromatic nitrogens is 1. The number of rotatable bonds is 11. The number of carbonyl (C=O) groups is 1. The van der Waals surface area contributed by atoms with E-state index in [2.05, 4.69) is 10.3 Å². The molecule has 1 unspecified atom stereocenters. The molecule has 10 heteroatoms. The molecule has 0 spiro atoms. The zero-order chi connectivity index (χ0) is 26.5. The van der Waals surface area contributed by atoms with Crippen molar-refractivity contribution in [3.05, 3.63) is 95.5 Å². The van der Waals surface area contributed by atoms with Gasteiger partial charge in [-0.05, 0) is 59.3 Å². The number of nitrogens with two attached hydrogens (primary N) is 1. The molecule has 1 atom stereocenters. The Morgan fingerprint density at radius 1 is 1.05 bits per heavy atom. The van der Waals surface area contributed by atoms with Crippen LogP contribution in [0, 0.1) is 0 Å². The minimum Gasteiger partial charge on any atom is -0.494 e. The Morgan fingerprint density at radius 3 is 2.49 bits per heavy atom. The third-order valence-corrected chi connectivity index (χ3v) is 9.33. The predicted molar refractivity (Wildman–Crippen MR) is 144 cm³/mol. The van der Waals surface area contributed by atoms with Crippen LogP contribution >= 0.6 is 11.3 Å². The van der Waals surface area contributed by atoms with Gasteiger partial charge in [0.2, 0.25) is 9.84 Å². The number of nitrogens with zero attached hydrogens (tertiary/aromatic N) is 1. The van der Waals surface area contributed by atoms with Gasteiger partial charge in [-0.2, -0.15) is 0 Å². The van der Waals surface area contributed by atoms with E-state index in [4.69, 9.17) is 15.6 Å². The summed E-state index contributed by atoms with van der Waals surface area (Å²) >= 11 is 1.08. The van der Waals surface area contributed by atoms with E-state index in [-0.39, 0.29) is 28.7 Å². The number of sulfone groups is 1. The monoisotopic (exact) mass is 537 g/mol. The molecule has 0 aliphatic carbocycles. The Kier molecular flexibility index (Phi) is 7.91. The molecule has 0 aliphatic rings. The number of thiophene rings is 1. The fraction of sp³-hybridized carbons (Fsp3) is 0.185. The van der Waals surface area contributed by atoms with E-state index in [1.165, 1.54) is 6.07 Å². The molecule has 0 saturated heterocycles. The second-order valence-corrected chi connectivity index (χ2v) is 11.7. The Hall–Kier alpha value is -3.73. The smallest absolute Gasteiger partial charge is 0.322 e. The van der Waals surface area contributed by atoms with Crippen LogP contribution in [0.3, 0.4) is 0 Å². The number of carboxylic acid groups (broad SMARTS) is 1. The normalized spacial score (nSPS) is 13.0. The molecule has 192 valence electrons. The van der Waals surface area contributed by atoms with Crippen molar-refractivity contribution in [1.82, 2.24) is 4.98 Å². The number of aliphatic carboxylic acids is 1. The van der Waals surface area contributed by atoms with Crippen LogP contribution in [-0.4, -0.2) is 37.6 Å². The van der Waals surface area contributed by atoms with Gasteiger partial charge in [-0.3, -0.25) is 4.79 Å². The van der Waals surface area contributed by atoms with E-state index >= 15 is 0 Å². The van der Waals surface area contributed by atoms with Crippen LogP contribution in [0.5, 0.6) is 5.75 Å². The summed E-state index contributed by atoms with van der Waals surface area (Å²) in [6.07, 6.45) is -0.0398. The maximum Gasteiger partial charge on any atom is 0.322 e. The van der Waals surface area contributed by atoms with Crippen LogP contribution in [0.25, 0.3) is 11.1 Å². The molecule has 0 amide bonds. The van der Waals surface area contributed by atoms with Crippen molar-refractivity contribution in [2.45, 2.75) is 22.4 Å². The van der Waals surface area contributed by atoms with Crippen LogP contribution in [0.15, 0.2) is 88.5 Å². The fourth-order valence-electron chi connectivity index (χ4n) is 3.90. The average Bonchev–Trinajstić information content (AvgIpc) is 3.44. The summed E-state index contributed by atoms with van der Waals surface area (Å²) in [5, 5.41) is 13.3. The van der Waals surface area contributed by atoms with Crippen LogP contribution < -0.4 is 15.8 Å². The Balaban J connectivity index is 1.70. The summed E-state index contributed by atoms with van der Waals surface area (Å²) in [4.78, 5) is 13.5. The van der Waals surface area contributed by atoms with Gasteiger partial charge in [0, 0.05) is 6.42 Å². The molecular formula is C27H27N3O5S2. The van der Waals surface area contributed by atoms with Gasteiger partial charge in [-0.25, -0.2) is 13.4 Å². The molecule has 2 heterocycles. The lowest BCUT2D eigenvalue weighted by molar-refractivity contribution is -0.134. The Labute approximate surface area is 219 Å². The average molecular weight is 538 g/mol. The third kappa shape index (κ3) is 5.82. The Bertz CT molecular complexity index is 1470. The number of anilines is 1. The highest BCUT2D eigenvalue weighted by atomic mass is 32.2. The molecule has 0 fully saturated rings. The van der Waals surface area contributed by atoms with E-state index in [1.54, 1.807) is 29.6 Å². The zero-order valence-corrected chi connectivity index (χ0v) is 21.8. The second-order valence-electron chi connectivity index (χ2n) is 8.31. The SMILES string of the molecule is CCOc1cccc(-c2ccc(CC(N)(c3cccc(NCC(=O)O)n3)S(=O)(=O)c3cccs3)cc2)c1. The molecule has 0 radical (unpaired) electrons. The van der Waals surface area contributed by atoms with E-state index < -0.39 is 20.7 Å². The topological polar surface area (TPSA) is 132 Å². The maximum atomic E-state index is 13.8. The first-order valence-corrected chi connectivity index (χ1v) is 13.9. The van der Waals surface area contributed by atoms with Crippen LogP contribution in [0.1, 0.15) is 18.2 Å². The largest absolute Gasteiger partial charge is 0.494 e. The molecule has 0 aliphatic heterocycles. The molecule has 8 nitrogen and oxygen atoms in total. The van der Waals surface area contributed by atoms with E-state index in [0.717, 1.165) is 28.2 Å². The minimum atomic E-state index is -4.06. The van der Waals surface area contributed by atoms with Crippen molar-refractivity contribution in [2.75, 3.05) is 18.5 Å². The molecular weight excluding hydrogens is 510 g/mol. The van der Waals surface area contributed by atoms with Crippen molar-refractivity contribution < 1.29 is 23.1 Å². The van der Waals surface area contributed by atoms with Gasteiger partial charge in [-0.1, -0.05) is 48.5 Å². The highest BCUT2D eigenvalue weighted by molar-refractivity contribution is 7.94. The quantitative estimate of drug-likeness (QED) is 0.254. The number of pyridine rings is 1. The number of hydrogen-bond donors (Lipinski definition) is 3. The first-order valence-electron chi connectivity index (χ1n) is 11.6. The summed E-state index contributed by atoms with van der Waals surface area (Å²) in [6.45, 7) is 2.13. The summed E-state index contributed by atoms with van der Waals surface area (Å²) in [7, 11) is -4.06. The number of nitrogens with one attached hydrogen (secondary N) is 1. The molecule has 2 aromatic heterocycles. The first-order chi connectivity index (χ1) is 17.7. The summed E-state index contributed by atoms with van der Waals surface area (Å²) in [5.41, 5.74) is 9.49. The predicted octanol–water partition coefficient (Wildman–Crippen LogP) is 4.53. The first kappa shape index (κ1) is 26.3. The van der Waals surface area contributed by atoms with Crippen molar-refractivity contribution in [2.24, 2.45) is 5.73 Å². The van der Waals surface area contributed by atoms with Crippen molar-refractivity contribution in [1.29, 1.82) is 0 Å². The van der Waals surface area contributed by atoms with E-state index in [1.807, 2.05) is 55.5 Å². The third-order valence-electron chi connectivity index (χ3n) is 5.74. The molecule has 4 aromatic rings. The molecule has 4 rings (SSSR count). The lowest BCUT2D eigenvalue weighted by atomic mass is 9.99. The van der Waals surface area contributed by atoms with E-state index in [0.29, 0.717) is 12.2 Å². The molecule has 37 heavy (non-hydrogen) atoms. The minimum absolute atomic E-state index is 0.0398. The van der Waals surface area contributed by atoms with Gasteiger partial charge in [-0.15, -0.1) is 11.3 Å². The highest BCUT2D eigenvalue weighted by Crippen LogP contribution is 2.36. The fourth-order valence-corrected chi connectivity index (χ4v) is 6.83. The summed E-state index contributed by atoms with van der Waals surface area (Å²) in [6, 6.07) is 23.2. The zero-order valence-electron chi connectivity index (χ0n) is 20.1. The number of hydrogen-bond acceptors (Lipinski definition) is 8. The van der Waals surface area contributed by atoms with Gasteiger partial charge in [0.05, 0.1) is 12.3 Å². The van der Waals surface area contributed by atoms with Crippen molar-refractivity contribution in [3.63, 3.8) is 0 Å². The summed E-state index contributed by atoms with van der Waals surface area (Å²) in [5.74, 6) is -0.0699. The molecule has 0 bridgehead atoms. The highest BCUT2D eigenvalue weighted by Gasteiger charge is 2.45. The van der Waals surface area contributed by atoms with Gasteiger partial charge in [0.25, 0.3) is 0 Å². The lowest BCUT2D eigenvalue weighted by Crippen LogP contribution is -2.47. The molecule has 0 saturated carbocycles. The van der Waals surface area contributed by atoms with Crippen molar-refractivity contribution in [3.8, 4) is 16.9 Å². The second kappa shape index (κ2) is 11.1. The van der Waals surface area contributed by atoms with Crippen LogP contribution in [0.4, 0.5) is 5.82 Å². The maximum absolute atomic E-state index is 13.8. The molecule has 4 N–H and O–H groups in total. The lowest BCUT2D eigenvalue weighted by Gasteiger charge is -2.29. The van der Waals surface area contributed by atoms with Crippen LogP contribution in [0.2, 0.25) is 0 Å². The Morgan fingerprint density at radius 2 is 1.81 bits per heavy atom. The molecule has 2 aromatic carbocycles. The van der Waals surface area contributed by atoms with Gasteiger partial charge in [0.15, 0.2) is 4.87 Å². The van der Waals surface area contributed by atoms with Gasteiger partial charge >= 0.3 is 5.97 Å². The standard InChI is InChI=1S/C27H27N3O5S2/c1-2-35-22-7-3-6-21(16-22)20-13-11-19(12-14-20)17-27(28,37(33,34)26-10-5-15-36-26)23-8-4-9-24(30-23)29-18-25(31)32/h3-16H,2,17-18,28H2,1H3,(H,29,30)(H,31,32). The number of ether oxygens (including phenoxy) is 1. The van der Waals surface area contributed by atoms with Gasteiger partial charge in [0.1, 0.15) is 22.3 Å².